The number of aromatic hydroxyl groups is 1. The predicted octanol–water partition coefficient (Wildman–Crippen LogP) is 2.27. The van der Waals surface area contributed by atoms with Crippen molar-refractivity contribution in [3.05, 3.63) is 41.7 Å². The van der Waals surface area contributed by atoms with Gasteiger partial charge in [-0.05, 0) is 24.3 Å². The summed E-state index contributed by atoms with van der Waals surface area (Å²) >= 11 is 0. The number of ether oxygens (including phenoxy) is 1. The number of anilines is 1. The number of aliphatic imine (C=N–C) groups is 1. The summed E-state index contributed by atoms with van der Waals surface area (Å²) in [4.78, 5) is 17.3. The third-order valence-electron chi connectivity index (χ3n) is 3.49. The molecule has 2 aromatic rings. The summed E-state index contributed by atoms with van der Waals surface area (Å²) in [6.45, 7) is 2.92. The van der Waals surface area contributed by atoms with E-state index in [2.05, 4.69) is 9.89 Å². The van der Waals surface area contributed by atoms with E-state index in [1.807, 2.05) is 6.07 Å². The van der Waals surface area contributed by atoms with Crippen LogP contribution >= 0.6 is 0 Å². The molecule has 0 unspecified atom stereocenters. The molecule has 0 bridgehead atoms. The quantitative estimate of drug-likeness (QED) is 0.840. The Bertz CT molecular complexity index is 732. The van der Waals surface area contributed by atoms with Gasteiger partial charge in [0.15, 0.2) is 5.88 Å². The van der Waals surface area contributed by atoms with Crippen LogP contribution in [0.2, 0.25) is 0 Å². The number of carboxylic acids is 1. The van der Waals surface area contributed by atoms with Crippen molar-refractivity contribution in [2.24, 2.45) is 4.99 Å². The molecule has 23 heavy (non-hydrogen) atoms. The van der Waals surface area contributed by atoms with Crippen molar-refractivity contribution in [3.63, 3.8) is 0 Å². The molecule has 0 saturated carbocycles. The Morgan fingerprint density at radius 2 is 2.00 bits per heavy atom. The number of benzene rings is 1. The van der Waals surface area contributed by atoms with Gasteiger partial charge in [-0.3, -0.25) is 4.99 Å². The first-order valence-electron chi connectivity index (χ1n) is 7.16. The summed E-state index contributed by atoms with van der Waals surface area (Å²) in [6, 6.07) is 7.81. The number of rotatable bonds is 4. The van der Waals surface area contributed by atoms with Gasteiger partial charge in [-0.25, -0.2) is 4.79 Å². The van der Waals surface area contributed by atoms with E-state index >= 15 is 0 Å². The van der Waals surface area contributed by atoms with Crippen LogP contribution in [0.15, 0.2) is 39.7 Å². The first kappa shape index (κ1) is 15.1. The van der Waals surface area contributed by atoms with Crippen LogP contribution in [0.5, 0.6) is 5.75 Å². The van der Waals surface area contributed by atoms with E-state index in [9.17, 15) is 9.90 Å². The van der Waals surface area contributed by atoms with Crippen molar-refractivity contribution >= 4 is 23.8 Å². The highest BCUT2D eigenvalue weighted by Gasteiger charge is 2.14. The third-order valence-corrected chi connectivity index (χ3v) is 3.49. The highest BCUT2D eigenvalue weighted by molar-refractivity contribution is 5.92. The smallest absolute Gasteiger partial charge is 0.339 e. The molecule has 0 aliphatic carbocycles. The van der Waals surface area contributed by atoms with Gasteiger partial charge in [-0.15, -0.1) is 0 Å². The van der Waals surface area contributed by atoms with Crippen molar-refractivity contribution in [2.45, 2.75) is 0 Å². The maximum atomic E-state index is 11.0. The van der Waals surface area contributed by atoms with Gasteiger partial charge in [0.25, 0.3) is 0 Å². The van der Waals surface area contributed by atoms with Gasteiger partial charge < -0.3 is 24.3 Å². The third kappa shape index (κ3) is 3.51. The summed E-state index contributed by atoms with van der Waals surface area (Å²) in [5.41, 5.74) is 0.234. The first-order valence-corrected chi connectivity index (χ1v) is 7.16. The maximum Gasteiger partial charge on any atom is 0.339 e. The summed E-state index contributed by atoms with van der Waals surface area (Å²) in [6.07, 6.45) is 1.52. The fourth-order valence-corrected chi connectivity index (χ4v) is 2.28. The van der Waals surface area contributed by atoms with Crippen molar-refractivity contribution in [1.29, 1.82) is 0 Å². The standard InChI is InChI=1S/C16H16N2O5/c19-14-3-1-11(9-13(14)16(20)21)17-10-12-2-4-15(23-12)18-5-7-22-8-6-18/h1-4,9-10,19H,5-8H2,(H,20,21). The molecule has 0 amide bonds. The molecule has 2 heterocycles. The van der Waals surface area contributed by atoms with Crippen LogP contribution in [-0.2, 0) is 4.74 Å². The Morgan fingerprint density at radius 1 is 1.22 bits per heavy atom. The fraction of sp³-hybridized carbons (Fsp3) is 0.250. The summed E-state index contributed by atoms with van der Waals surface area (Å²) in [5, 5.41) is 18.4. The summed E-state index contributed by atoms with van der Waals surface area (Å²) in [7, 11) is 0. The molecule has 1 aliphatic rings. The number of aromatic carboxylic acids is 1. The largest absolute Gasteiger partial charge is 0.507 e. The van der Waals surface area contributed by atoms with E-state index in [1.54, 1.807) is 6.07 Å². The van der Waals surface area contributed by atoms with E-state index in [4.69, 9.17) is 14.3 Å². The van der Waals surface area contributed by atoms with Gasteiger partial charge in [-0.2, -0.15) is 0 Å². The van der Waals surface area contributed by atoms with Gasteiger partial charge in [-0.1, -0.05) is 0 Å². The number of hydrogen-bond acceptors (Lipinski definition) is 6. The second-order valence-electron chi connectivity index (χ2n) is 5.04. The van der Waals surface area contributed by atoms with Crippen LogP contribution in [0, 0.1) is 0 Å². The van der Waals surface area contributed by atoms with Gasteiger partial charge in [0.2, 0.25) is 0 Å². The van der Waals surface area contributed by atoms with E-state index in [0.717, 1.165) is 19.0 Å². The minimum Gasteiger partial charge on any atom is -0.507 e. The maximum absolute atomic E-state index is 11.0. The second kappa shape index (κ2) is 6.53. The van der Waals surface area contributed by atoms with Gasteiger partial charge in [0.05, 0.1) is 25.1 Å². The van der Waals surface area contributed by atoms with Crippen LogP contribution in [0.4, 0.5) is 11.6 Å². The lowest BCUT2D eigenvalue weighted by Gasteiger charge is -2.26. The Hall–Kier alpha value is -2.80. The lowest BCUT2D eigenvalue weighted by molar-refractivity contribution is 0.0693. The minimum absolute atomic E-state index is 0.187. The van der Waals surface area contributed by atoms with Crippen LogP contribution in [0.3, 0.4) is 0 Å². The van der Waals surface area contributed by atoms with Crippen molar-refractivity contribution in [1.82, 2.24) is 0 Å². The molecule has 7 heteroatoms. The molecule has 0 spiro atoms. The summed E-state index contributed by atoms with van der Waals surface area (Å²) < 4.78 is 11.0. The molecule has 1 aliphatic heterocycles. The second-order valence-corrected chi connectivity index (χ2v) is 5.04. The van der Waals surface area contributed by atoms with Crippen LogP contribution in [-0.4, -0.2) is 48.7 Å². The average molecular weight is 316 g/mol. The number of nitrogens with zero attached hydrogens (tertiary/aromatic N) is 2. The molecule has 3 rings (SSSR count). The van der Waals surface area contributed by atoms with Crippen LogP contribution < -0.4 is 4.90 Å². The molecule has 1 fully saturated rings. The zero-order valence-electron chi connectivity index (χ0n) is 12.3. The highest BCUT2D eigenvalue weighted by Crippen LogP contribution is 2.24. The zero-order valence-corrected chi connectivity index (χ0v) is 12.3. The molecule has 1 aromatic carbocycles. The number of morpholine rings is 1. The minimum atomic E-state index is -1.20. The molecule has 2 N–H and O–H groups in total. The van der Waals surface area contributed by atoms with Crippen molar-refractivity contribution < 1.29 is 24.2 Å². The molecule has 0 radical (unpaired) electrons. The molecular weight excluding hydrogens is 300 g/mol. The molecular formula is C16H16N2O5. The first-order chi connectivity index (χ1) is 11.1. The molecule has 1 aromatic heterocycles. The van der Waals surface area contributed by atoms with E-state index in [0.29, 0.717) is 24.7 Å². The Kier molecular flexibility index (Phi) is 4.29. The number of phenols is 1. The van der Waals surface area contributed by atoms with E-state index in [-0.39, 0.29) is 11.3 Å². The monoisotopic (exact) mass is 316 g/mol. The molecule has 7 nitrogen and oxygen atoms in total. The lowest BCUT2D eigenvalue weighted by Crippen LogP contribution is -2.35. The van der Waals surface area contributed by atoms with Crippen LogP contribution in [0.1, 0.15) is 16.1 Å². The Balaban J connectivity index is 1.74. The van der Waals surface area contributed by atoms with Crippen molar-refractivity contribution in [3.8, 4) is 5.75 Å². The average Bonchev–Trinajstić information content (AvgIpc) is 3.03. The summed E-state index contributed by atoms with van der Waals surface area (Å²) in [5.74, 6) is -0.167. The van der Waals surface area contributed by atoms with E-state index in [1.165, 1.54) is 24.4 Å². The topological polar surface area (TPSA) is 95.5 Å². The number of carboxylic acid groups (broad SMARTS) is 1. The number of carbonyl (C=O) groups is 1. The SMILES string of the molecule is O=C(O)c1cc(N=Cc2ccc(N3CCOCC3)o2)ccc1O. The fourth-order valence-electron chi connectivity index (χ4n) is 2.28. The van der Waals surface area contributed by atoms with Gasteiger partial charge in [0.1, 0.15) is 17.1 Å². The predicted molar refractivity (Wildman–Crippen MR) is 84.1 cm³/mol. The van der Waals surface area contributed by atoms with Gasteiger partial charge >= 0.3 is 5.97 Å². The highest BCUT2D eigenvalue weighted by atomic mass is 16.5. The van der Waals surface area contributed by atoms with Crippen LogP contribution in [0.25, 0.3) is 0 Å². The number of hydrogen-bond donors (Lipinski definition) is 2. The van der Waals surface area contributed by atoms with Crippen molar-refractivity contribution in [2.75, 3.05) is 31.2 Å². The normalized spacial score (nSPS) is 15.2. The lowest BCUT2D eigenvalue weighted by atomic mass is 10.2. The molecule has 120 valence electrons. The molecule has 1 saturated heterocycles. The van der Waals surface area contributed by atoms with Gasteiger partial charge in [0, 0.05) is 19.2 Å². The van der Waals surface area contributed by atoms with E-state index < -0.39 is 5.97 Å². The molecule has 0 atom stereocenters. The zero-order chi connectivity index (χ0) is 16.2. The Morgan fingerprint density at radius 3 is 2.74 bits per heavy atom. The number of furan rings is 1. The Labute approximate surface area is 132 Å².